The third kappa shape index (κ3) is 7.66. The second kappa shape index (κ2) is 11.6. The molecule has 4 nitrogen and oxygen atoms in total. The van der Waals surface area contributed by atoms with Crippen LogP contribution in [0.1, 0.15) is 39.0 Å². The first kappa shape index (κ1) is 27.9. The lowest BCUT2D eigenvalue weighted by molar-refractivity contribution is -0.140. The van der Waals surface area contributed by atoms with E-state index in [0.29, 0.717) is 5.56 Å². The van der Waals surface area contributed by atoms with Gasteiger partial charge in [0.05, 0.1) is 24.7 Å². The van der Waals surface area contributed by atoms with E-state index in [4.69, 9.17) is 0 Å². The Balaban J connectivity index is 1.93. The molecule has 0 radical (unpaired) electrons. The first-order chi connectivity index (χ1) is 17.4. The van der Waals surface area contributed by atoms with Crippen molar-refractivity contribution in [2.24, 2.45) is 0 Å². The van der Waals surface area contributed by atoms with Gasteiger partial charge in [0, 0.05) is 25.1 Å². The Morgan fingerprint density at radius 3 is 2.14 bits per heavy atom. The van der Waals surface area contributed by atoms with E-state index in [0.717, 1.165) is 37.4 Å². The molecule has 0 fully saturated rings. The monoisotopic (exact) mass is 523 g/mol. The maximum Gasteiger partial charge on any atom is 0.416 e. The highest BCUT2D eigenvalue weighted by molar-refractivity contribution is 5.96. The zero-order valence-corrected chi connectivity index (χ0v) is 19.7. The van der Waals surface area contributed by atoms with E-state index in [1.54, 1.807) is 30.3 Å². The largest absolute Gasteiger partial charge is 0.469 e. The molecule has 0 saturated heterocycles. The number of methoxy groups -OCH3 is 1. The minimum atomic E-state index is -4.75. The Bertz CT molecular complexity index is 1250. The molecule has 0 atom stereocenters. The second-order valence-electron chi connectivity index (χ2n) is 8.25. The third-order valence-electron chi connectivity index (χ3n) is 5.58. The Morgan fingerprint density at radius 1 is 0.838 bits per heavy atom. The normalized spacial score (nSPS) is 11.9. The van der Waals surface area contributed by atoms with Crippen LogP contribution >= 0.6 is 0 Å². The number of alkyl halides is 6. The van der Waals surface area contributed by atoms with E-state index in [2.05, 4.69) is 10.1 Å². The molecule has 3 aromatic rings. The smallest absolute Gasteiger partial charge is 0.416 e. The van der Waals surface area contributed by atoms with Crippen molar-refractivity contribution in [2.45, 2.75) is 31.7 Å². The number of carbonyl (C=O) groups is 2. The number of Topliss-reactive ketones (excluding diaryl/α,β-unsaturated/α-hetero) is 1. The highest BCUT2D eigenvalue weighted by Crippen LogP contribution is 2.37. The molecule has 37 heavy (non-hydrogen) atoms. The van der Waals surface area contributed by atoms with Crippen molar-refractivity contribution in [1.82, 2.24) is 5.32 Å². The number of carbonyl (C=O) groups excluding carboxylic acids is 2. The number of benzene rings is 3. The summed E-state index contributed by atoms with van der Waals surface area (Å²) in [5.74, 6) is -0.926. The maximum atomic E-state index is 13.6. The summed E-state index contributed by atoms with van der Waals surface area (Å²) in [5.41, 5.74) is -1.29. The molecule has 0 saturated carbocycles. The molecule has 10 heteroatoms. The fourth-order valence-electron chi connectivity index (χ4n) is 3.74. The summed E-state index contributed by atoms with van der Waals surface area (Å²) in [7, 11) is 1.10. The van der Waals surface area contributed by atoms with E-state index < -0.39 is 35.9 Å². The summed E-state index contributed by atoms with van der Waals surface area (Å²) in [5, 5.41) is 2.91. The first-order valence-corrected chi connectivity index (χ1v) is 11.2. The molecule has 0 unspecified atom stereocenters. The zero-order valence-electron chi connectivity index (χ0n) is 19.7. The molecule has 0 aliphatic heterocycles. The average molecular weight is 523 g/mol. The predicted octanol–water partition coefficient (Wildman–Crippen LogP) is 6.47. The molecule has 3 rings (SSSR count). The topological polar surface area (TPSA) is 55.4 Å². The Hall–Kier alpha value is -3.66. The van der Waals surface area contributed by atoms with Gasteiger partial charge in [-0.15, -0.1) is 0 Å². The quantitative estimate of drug-likeness (QED) is 0.151. The summed E-state index contributed by atoms with van der Waals surface area (Å²) >= 11 is 0. The number of ketones is 1. The molecule has 1 N–H and O–H groups in total. The van der Waals surface area contributed by atoms with Gasteiger partial charge in [0.1, 0.15) is 0 Å². The fourth-order valence-corrected chi connectivity index (χ4v) is 3.74. The van der Waals surface area contributed by atoms with Gasteiger partial charge in [-0.1, -0.05) is 42.5 Å². The van der Waals surface area contributed by atoms with Crippen molar-refractivity contribution < 1.29 is 40.7 Å². The van der Waals surface area contributed by atoms with Crippen LogP contribution in [0.5, 0.6) is 0 Å². The van der Waals surface area contributed by atoms with Crippen LogP contribution < -0.4 is 5.32 Å². The first-order valence-electron chi connectivity index (χ1n) is 11.2. The second-order valence-corrected chi connectivity index (χ2v) is 8.25. The number of rotatable bonds is 9. The molecule has 0 spiro atoms. The van der Waals surface area contributed by atoms with Crippen molar-refractivity contribution in [1.29, 1.82) is 0 Å². The highest BCUT2D eigenvalue weighted by atomic mass is 19.4. The molecule has 0 aliphatic carbocycles. The van der Waals surface area contributed by atoms with Crippen molar-refractivity contribution in [2.75, 3.05) is 13.7 Å². The summed E-state index contributed by atoms with van der Waals surface area (Å²) in [6.07, 6.45) is -9.78. The molecule has 196 valence electrons. The predicted molar refractivity (Wildman–Crippen MR) is 125 cm³/mol. The summed E-state index contributed by atoms with van der Waals surface area (Å²) in [4.78, 5) is 24.0. The van der Waals surface area contributed by atoms with Gasteiger partial charge in [0.25, 0.3) is 0 Å². The van der Waals surface area contributed by atoms with E-state index >= 15 is 0 Å². The van der Waals surface area contributed by atoms with Gasteiger partial charge in [-0.25, -0.2) is 0 Å². The lowest BCUT2D eigenvalue weighted by atomic mass is 9.93. The molecular weight excluding hydrogens is 500 g/mol. The van der Waals surface area contributed by atoms with Crippen molar-refractivity contribution in [3.8, 4) is 11.1 Å². The van der Waals surface area contributed by atoms with Crippen LogP contribution in [0.4, 0.5) is 26.3 Å². The van der Waals surface area contributed by atoms with Crippen molar-refractivity contribution in [3.05, 3.63) is 94.5 Å². The van der Waals surface area contributed by atoms with Gasteiger partial charge >= 0.3 is 18.3 Å². The van der Waals surface area contributed by atoms with Crippen LogP contribution in [0.15, 0.2) is 66.7 Å². The van der Waals surface area contributed by atoms with E-state index in [-0.39, 0.29) is 47.5 Å². The van der Waals surface area contributed by atoms with Crippen molar-refractivity contribution >= 4 is 11.8 Å². The summed E-state index contributed by atoms with van der Waals surface area (Å²) < 4.78 is 85.4. The average Bonchev–Trinajstić information content (AvgIpc) is 2.85. The minimum absolute atomic E-state index is 0.000357. The van der Waals surface area contributed by atoms with Gasteiger partial charge in [0.15, 0.2) is 5.78 Å². The molecule has 0 aromatic heterocycles. The zero-order chi connectivity index (χ0) is 27.2. The maximum absolute atomic E-state index is 13.6. The van der Waals surface area contributed by atoms with Gasteiger partial charge < -0.3 is 10.1 Å². The van der Waals surface area contributed by atoms with Crippen LogP contribution in [-0.4, -0.2) is 25.4 Å². The number of nitrogens with one attached hydrogen (secondary N) is 1. The van der Waals surface area contributed by atoms with Gasteiger partial charge in [-0.05, 0) is 46.5 Å². The highest BCUT2D eigenvalue weighted by Gasteiger charge is 2.33. The summed E-state index contributed by atoms with van der Waals surface area (Å²) in [6.45, 7) is 0.00347. The van der Waals surface area contributed by atoms with Crippen LogP contribution in [0.2, 0.25) is 0 Å². The van der Waals surface area contributed by atoms with Crippen LogP contribution in [0.25, 0.3) is 11.1 Å². The summed E-state index contributed by atoms with van der Waals surface area (Å²) in [6, 6.07) is 14.2. The van der Waals surface area contributed by atoms with E-state index in [9.17, 15) is 35.9 Å². The lowest BCUT2D eigenvalue weighted by Gasteiger charge is -2.17. The van der Waals surface area contributed by atoms with E-state index in [1.165, 1.54) is 6.07 Å². The molecule has 3 aromatic carbocycles. The van der Waals surface area contributed by atoms with Gasteiger partial charge in [-0.3, -0.25) is 9.59 Å². The van der Waals surface area contributed by atoms with Gasteiger partial charge in [-0.2, -0.15) is 26.3 Å². The SMILES string of the molecule is COC(=O)Cc1cc(-c2ccc(C(F)(F)F)cc2CNCCC(=O)c2ccccc2)cc(C(F)(F)F)c1. The standard InChI is InChI=1S/C27H23F6NO3/c1-37-25(36)13-17-11-19(14-22(12-17)27(31,32)33)23-8-7-21(26(28,29)30)15-20(23)16-34-10-9-24(35)18-5-3-2-4-6-18/h2-8,11-12,14-15,34H,9-10,13,16H2,1H3. The van der Waals surface area contributed by atoms with Crippen LogP contribution in [0, 0.1) is 0 Å². The molecule has 0 heterocycles. The molecule has 0 amide bonds. The Morgan fingerprint density at radius 2 is 1.51 bits per heavy atom. The number of esters is 1. The van der Waals surface area contributed by atoms with Crippen LogP contribution in [-0.2, 0) is 34.8 Å². The number of halogens is 6. The van der Waals surface area contributed by atoms with Crippen molar-refractivity contribution in [3.63, 3.8) is 0 Å². The lowest BCUT2D eigenvalue weighted by Crippen LogP contribution is -2.19. The van der Waals surface area contributed by atoms with E-state index in [1.807, 2.05) is 0 Å². The van der Waals surface area contributed by atoms with Crippen LogP contribution in [0.3, 0.4) is 0 Å². The minimum Gasteiger partial charge on any atom is -0.469 e. The third-order valence-corrected chi connectivity index (χ3v) is 5.58. The molecule has 0 aliphatic rings. The number of hydrogen-bond donors (Lipinski definition) is 1. The Kier molecular flexibility index (Phi) is 8.75. The molecular formula is C27H23F6NO3. The molecule has 0 bridgehead atoms. The number of hydrogen-bond acceptors (Lipinski definition) is 4. The fraction of sp³-hybridized carbons (Fsp3) is 0.259. The Labute approximate surface area is 209 Å². The van der Waals surface area contributed by atoms with Gasteiger partial charge in [0.2, 0.25) is 0 Å². The number of ether oxygens (including phenoxy) is 1.